The van der Waals surface area contributed by atoms with Gasteiger partial charge < -0.3 is 14.4 Å². The summed E-state index contributed by atoms with van der Waals surface area (Å²) in [5.41, 5.74) is 1.21. The molecule has 0 spiro atoms. The maximum absolute atomic E-state index is 12.7. The topological polar surface area (TPSA) is 62.6 Å². The number of hydrogen-bond donors (Lipinski definition) is 0. The monoisotopic (exact) mass is 300 g/mol. The van der Waals surface area contributed by atoms with Crippen molar-refractivity contribution in [3.63, 3.8) is 0 Å². The molecule has 1 aromatic rings. The highest BCUT2D eigenvalue weighted by molar-refractivity contribution is 5.94. The van der Waals surface area contributed by atoms with Crippen LogP contribution in [0.5, 0.6) is 0 Å². The van der Waals surface area contributed by atoms with E-state index in [1.54, 1.807) is 31.4 Å². The summed E-state index contributed by atoms with van der Waals surface area (Å²) in [5.74, 6) is 0.0331. The van der Waals surface area contributed by atoms with Crippen molar-refractivity contribution in [1.29, 1.82) is 5.26 Å². The average molecular weight is 300 g/mol. The van der Waals surface area contributed by atoms with E-state index in [2.05, 4.69) is 6.07 Å². The lowest BCUT2D eigenvalue weighted by Crippen LogP contribution is -2.45. The molecule has 5 heteroatoms. The number of amides is 1. The SMILES string of the molecule is COC[C@@H]1CC[C@@H]2[C@@H](CCN2C(=O)c2ccc(C#N)cc2)O1. The molecule has 0 N–H and O–H groups in total. The summed E-state index contributed by atoms with van der Waals surface area (Å²) in [6, 6.07) is 9.06. The zero-order valence-electron chi connectivity index (χ0n) is 12.7. The number of benzene rings is 1. The molecule has 116 valence electrons. The van der Waals surface area contributed by atoms with Crippen molar-refractivity contribution >= 4 is 5.91 Å². The van der Waals surface area contributed by atoms with E-state index in [0.717, 1.165) is 25.8 Å². The summed E-state index contributed by atoms with van der Waals surface area (Å²) in [4.78, 5) is 14.6. The van der Waals surface area contributed by atoms with E-state index in [1.165, 1.54) is 0 Å². The van der Waals surface area contributed by atoms with Gasteiger partial charge in [0.05, 0.1) is 36.5 Å². The first-order chi connectivity index (χ1) is 10.7. The fraction of sp³-hybridized carbons (Fsp3) is 0.529. The number of rotatable bonds is 3. The molecule has 1 amide bonds. The van der Waals surface area contributed by atoms with Gasteiger partial charge in [-0.05, 0) is 43.5 Å². The fourth-order valence-electron chi connectivity index (χ4n) is 3.41. The van der Waals surface area contributed by atoms with E-state index in [4.69, 9.17) is 14.7 Å². The number of carbonyl (C=O) groups is 1. The van der Waals surface area contributed by atoms with Gasteiger partial charge in [0.15, 0.2) is 0 Å². The number of carbonyl (C=O) groups excluding carboxylic acids is 1. The number of nitriles is 1. The minimum atomic E-state index is 0.0331. The molecule has 3 rings (SSSR count). The third kappa shape index (κ3) is 2.85. The second-order valence-electron chi connectivity index (χ2n) is 5.87. The smallest absolute Gasteiger partial charge is 0.254 e. The van der Waals surface area contributed by atoms with Crippen LogP contribution in [0.4, 0.5) is 0 Å². The third-order valence-electron chi connectivity index (χ3n) is 4.51. The summed E-state index contributed by atoms with van der Waals surface area (Å²) in [5, 5.41) is 8.83. The van der Waals surface area contributed by atoms with Crippen molar-refractivity contribution in [3.8, 4) is 6.07 Å². The predicted molar refractivity (Wildman–Crippen MR) is 80.4 cm³/mol. The number of methoxy groups -OCH3 is 1. The Morgan fingerprint density at radius 1 is 1.36 bits per heavy atom. The average Bonchev–Trinajstić information content (AvgIpc) is 2.98. The number of fused-ring (bicyclic) bond motifs is 1. The molecular formula is C17H20N2O3. The Morgan fingerprint density at radius 3 is 2.82 bits per heavy atom. The van der Waals surface area contributed by atoms with Gasteiger partial charge in [0.25, 0.3) is 5.91 Å². The van der Waals surface area contributed by atoms with Crippen LogP contribution in [0.2, 0.25) is 0 Å². The normalized spacial score (nSPS) is 27.3. The highest BCUT2D eigenvalue weighted by Gasteiger charge is 2.41. The maximum atomic E-state index is 12.7. The second kappa shape index (κ2) is 6.47. The summed E-state index contributed by atoms with van der Waals surface area (Å²) < 4.78 is 11.2. The molecule has 0 aliphatic carbocycles. The van der Waals surface area contributed by atoms with Crippen LogP contribution in [0, 0.1) is 11.3 Å². The van der Waals surface area contributed by atoms with Crippen LogP contribution in [0.25, 0.3) is 0 Å². The molecule has 1 aromatic carbocycles. The number of hydrogen-bond acceptors (Lipinski definition) is 4. The Kier molecular flexibility index (Phi) is 4.41. The molecule has 2 aliphatic heterocycles. The maximum Gasteiger partial charge on any atom is 0.254 e. The Balaban J connectivity index is 1.68. The van der Waals surface area contributed by atoms with Crippen molar-refractivity contribution in [1.82, 2.24) is 4.90 Å². The number of likely N-dealkylation sites (tertiary alicyclic amines) is 1. The quantitative estimate of drug-likeness (QED) is 0.856. The molecule has 2 fully saturated rings. The molecule has 2 saturated heterocycles. The van der Waals surface area contributed by atoms with Crippen molar-refractivity contribution < 1.29 is 14.3 Å². The van der Waals surface area contributed by atoms with E-state index in [9.17, 15) is 4.79 Å². The molecule has 2 heterocycles. The molecular weight excluding hydrogens is 280 g/mol. The fourth-order valence-corrected chi connectivity index (χ4v) is 3.41. The molecule has 0 aromatic heterocycles. The Bertz CT molecular complexity index is 579. The molecule has 5 nitrogen and oxygen atoms in total. The predicted octanol–water partition coefficient (Wildman–Crippen LogP) is 1.97. The summed E-state index contributed by atoms with van der Waals surface area (Å²) in [6.07, 6.45) is 3.03. The highest BCUT2D eigenvalue weighted by Crippen LogP contribution is 2.32. The van der Waals surface area contributed by atoms with Crippen LogP contribution < -0.4 is 0 Å². The van der Waals surface area contributed by atoms with Crippen LogP contribution in [-0.2, 0) is 9.47 Å². The molecule has 3 atom stereocenters. The number of nitrogens with zero attached hydrogens (tertiary/aromatic N) is 2. The Labute approximate surface area is 130 Å². The largest absolute Gasteiger partial charge is 0.382 e. The summed E-state index contributed by atoms with van der Waals surface area (Å²) in [6.45, 7) is 1.35. The van der Waals surface area contributed by atoms with Gasteiger partial charge in [0.2, 0.25) is 0 Å². The minimum absolute atomic E-state index is 0.0331. The van der Waals surface area contributed by atoms with Crippen LogP contribution >= 0.6 is 0 Å². The lowest BCUT2D eigenvalue weighted by atomic mass is 9.99. The minimum Gasteiger partial charge on any atom is -0.382 e. The van der Waals surface area contributed by atoms with Crippen molar-refractivity contribution in [2.45, 2.75) is 37.5 Å². The van der Waals surface area contributed by atoms with Gasteiger partial charge in [0, 0.05) is 19.2 Å². The molecule has 0 saturated carbocycles. The summed E-state index contributed by atoms with van der Waals surface area (Å²) >= 11 is 0. The van der Waals surface area contributed by atoms with E-state index < -0.39 is 0 Å². The van der Waals surface area contributed by atoms with Gasteiger partial charge in [-0.1, -0.05) is 0 Å². The standard InChI is InChI=1S/C17H20N2O3/c1-21-11-14-6-7-15-16(22-14)8-9-19(15)17(20)13-4-2-12(10-18)3-5-13/h2-5,14-16H,6-9,11H2,1H3/t14-,15+,16+/m0/s1. The molecule has 0 radical (unpaired) electrons. The lowest BCUT2D eigenvalue weighted by molar-refractivity contribution is -0.0902. The van der Waals surface area contributed by atoms with Gasteiger partial charge in [-0.2, -0.15) is 5.26 Å². The Morgan fingerprint density at radius 2 is 2.14 bits per heavy atom. The van der Waals surface area contributed by atoms with Gasteiger partial charge >= 0.3 is 0 Å². The van der Waals surface area contributed by atoms with E-state index >= 15 is 0 Å². The first-order valence-electron chi connectivity index (χ1n) is 7.68. The third-order valence-corrected chi connectivity index (χ3v) is 4.51. The highest BCUT2D eigenvalue weighted by atomic mass is 16.5. The lowest BCUT2D eigenvalue weighted by Gasteiger charge is -2.35. The molecule has 0 unspecified atom stereocenters. The van der Waals surface area contributed by atoms with E-state index in [1.807, 2.05) is 4.90 Å². The second-order valence-corrected chi connectivity index (χ2v) is 5.87. The zero-order valence-corrected chi connectivity index (χ0v) is 12.7. The van der Waals surface area contributed by atoms with Gasteiger partial charge in [-0.25, -0.2) is 0 Å². The van der Waals surface area contributed by atoms with Gasteiger partial charge in [-0.15, -0.1) is 0 Å². The summed E-state index contributed by atoms with van der Waals surface area (Å²) in [7, 11) is 1.69. The number of ether oxygens (including phenoxy) is 2. The van der Waals surface area contributed by atoms with E-state index in [0.29, 0.717) is 17.7 Å². The zero-order chi connectivity index (χ0) is 15.5. The van der Waals surface area contributed by atoms with Gasteiger partial charge in [-0.3, -0.25) is 4.79 Å². The van der Waals surface area contributed by atoms with Crippen LogP contribution in [0.3, 0.4) is 0 Å². The Hall–Kier alpha value is -1.90. The van der Waals surface area contributed by atoms with Crippen molar-refractivity contribution in [3.05, 3.63) is 35.4 Å². The van der Waals surface area contributed by atoms with Crippen molar-refractivity contribution in [2.75, 3.05) is 20.3 Å². The first kappa shape index (κ1) is 15.0. The molecule has 0 bridgehead atoms. The van der Waals surface area contributed by atoms with Crippen LogP contribution in [0.1, 0.15) is 35.2 Å². The van der Waals surface area contributed by atoms with Crippen LogP contribution in [-0.4, -0.2) is 49.3 Å². The van der Waals surface area contributed by atoms with Crippen LogP contribution in [0.15, 0.2) is 24.3 Å². The van der Waals surface area contributed by atoms with E-state index in [-0.39, 0.29) is 24.2 Å². The molecule has 2 aliphatic rings. The van der Waals surface area contributed by atoms with Gasteiger partial charge in [0.1, 0.15) is 0 Å². The molecule has 22 heavy (non-hydrogen) atoms. The first-order valence-corrected chi connectivity index (χ1v) is 7.68. The van der Waals surface area contributed by atoms with Crippen molar-refractivity contribution in [2.24, 2.45) is 0 Å².